The van der Waals surface area contributed by atoms with Crippen molar-refractivity contribution in [2.24, 2.45) is 0 Å². The van der Waals surface area contributed by atoms with Crippen molar-refractivity contribution >= 4 is 46.2 Å². The number of para-hydroxylation sites is 1. The number of hydrogen-bond donors (Lipinski definition) is 2. The zero-order valence-corrected chi connectivity index (χ0v) is 15.8. The molecular formula is C17H18F2N2O4S2. The molecule has 0 aliphatic carbocycles. The minimum atomic E-state index is -2.97. The van der Waals surface area contributed by atoms with Crippen LogP contribution in [0.3, 0.4) is 0 Å². The van der Waals surface area contributed by atoms with Crippen LogP contribution in [0.25, 0.3) is 6.08 Å². The molecule has 1 aliphatic rings. The van der Waals surface area contributed by atoms with Crippen molar-refractivity contribution in [3.8, 4) is 5.75 Å². The molecule has 1 aromatic rings. The summed E-state index contributed by atoms with van der Waals surface area (Å²) < 4.78 is 29.8. The van der Waals surface area contributed by atoms with Gasteiger partial charge in [-0.1, -0.05) is 42.2 Å². The highest BCUT2D eigenvalue weighted by molar-refractivity contribution is 8.26. The number of aliphatic hydroxyl groups excluding tert-OH is 1. The van der Waals surface area contributed by atoms with Gasteiger partial charge in [0.25, 0.3) is 5.91 Å². The molecule has 2 amide bonds. The van der Waals surface area contributed by atoms with E-state index in [0.717, 1.165) is 11.8 Å². The standard InChI is InChI=1S/C17H18F2N2O4S2/c18-16(19)25-12-5-2-1-4-11(12)10-13-15(24)21(17(26)27-13)8-3-6-14(23)20-7-9-22/h1-2,4-5,10,16,22H,3,6-9H2,(H,20,23)/b13-10-. The largest absolute Gasteiger partial charge is 0.434 e. The van der Waals surface area contributed by atoms with E-state index in [2.05, 4.69) is 10.1 Å². The molecule has 0 aromatic heterocycles. The zero-order valence-electron chi connectivity index (χ0n) is 14.2. The van der Waals surface area contributed by atoms with Gasteiger partial charge >= 0.3 is 6.61 Å². The summed E-state index contributed by atoms with van der Waals surface area (Å²) >= 11 is 6.27. The van der Waals surface area contributed by atoms with E-state index in [1.807, 2.05) is 0 Å². The highest BCUT2D eigenvalue weighted by atomic mass is 32.2. The Bertz CT molecular complexity index is 743. The molecule has 1 saturated heterocycles. The van der Waals surface area contributed by atoms with Crippen LogP contribution in [0.1, 0.15) is 18.4 Å². The Morgan fingerprint density at radius 2 is 2.15 bits per heavy atom. The van der Waals surface area contributed by atoms with Gasteiger partial charge in [0, 0.05) is 25.1 Å². The summed E-state index contributed by atoms with van der Waals surface area (Å²) in [7, 11) is 0. The van der Waals surface area contributed by atoms with E-state index in [4.69, 9.17) is 17.3 Å². The Morgan fingerprint density at radius 1 is 1.41 bits per heavy atom. The Kier molecular flexibility index (Phi) is 8.14. The number of thiocarbonyl (C=S) groups is 1. The molecule has 1 aromatic carbocycles. The first-order valence-electron chi connectivity index (χ1n) is 8.09. The van der Waals surface area contributed by atoms with Crippen LogP contribution < -0.4 is 10.1 Å². The summed E-state index contributed by atoms with van der Waals surface area (Å²) in [5, 5.41) is 11.2. The molecule has 0 saturated carbocycles. The lowest BCUT2D eigenvalue weighted by atomic mass is 10.2. The predicted octanol–water partition coefficient (Wildman–Crippen LogP) is 2.38. The molecule has 2 rings (SSSR count). The number of rotatable bonds is 9. The quantitative estimate of drug-likeness (QED) is 0.475. The smallest absolute Gasteiger partial charge is 0.387 e. The number of thioether (sulfide) groups is 1. The van der Waals surface area contributed by atoms with Gasteiger partial charge in [0.2, 0.25) is 5.91 Å². The van der Waals surface area contributed by atoms with Crippen molar-refractivity contribution < 1.29 is 28.2 Å². The number of aliphatic hydroxyl groups is 1. The number of alkyl halides is 2. The predicted molar refractivity (Wildman–Crippen MR) is 102 cm³/mol. The van der Waals surface area contributed by atoms with E-state index in [1.54, 1.807) is 18.2 Å². The van der Waals surface area contributed by atoms with E-state index in [1.165, 1.54) is 17.0 Å². The molecule has 0 atom stereocenters. The monoisotopic (exact) mass is 416 g/mol. The Labute approximate surface area is 164 Å². The van der Waals surface area contributed by atoms with Crippen LogP contribution in [0.5, 0.6) is 5.75 Å². The van der Waals surface area contributed by atoms with Crippen molar-refractivity contribution in [3.05, 3.63) is 34.7 Å². The maximum atomic E-state index is 12.5. The molecule has 0 radical (unpaired) electrons. The van der Waals surface area contributed by atoms with Crippen LogP contribution >= 0.6 is 24.0 Å². The molecule has 27 heavy (non-hydrogen) atoms. The topological polar surface area (TPSA) is 78.9 Å². The minimum absolute atomic E-state index is 0.0293. The Balaban J connectivity index is 2.01. The van der Waals surface area contributed by atoms with E-state index in [-0.39, 0.29) is 43.7 Å². The summed E-state index contributed by atoms with van der Waals surface area (Å²) in [5.41, 5.74) is 0.349. The van der Waals surface area contributed by atoms with Gasteiger partial charge in [-0.05, 0) is 18.6 Å². The fourth-order valence-electron chi connectivity index (χ4n) is 2.32. The third-order valence-electron chi connectivity index (χ3n) is 3.51. The van der Waals surface area contributed by atoms with Gasteiger partial charge < -0.3 is 15.2 Å². The number of ether oxygens (including phenoxy) is 1. The first-order valence-corrected chi connectivity index (χ1v) is 9.31. The second-order valence-electron chi connectivity index (χ2n) is 5.43. The molecule has 0 spiro atoms. The van der Waals surface area contributed by atoms with Crippen LogP contribution in [-0.2, 0) is 9.59 Å². The van der Waals surface area contributed by atoms with Crippen LogP contribution in [0.15, 0.2) is 29.2 Å². The number of carbonyl (C=O) groups is 2. The van der Waals surface area contributed by atoms with Crippen molar-refractivity contribution in [3.63, 3.8) is 0 Å². The lowest BCUT2D eigenvalue weighted by Crippen LogP contribution is -2.31. The van der Waals surface area contributed by atoms with Crippen molar-refractivity contribution in [2.45, 2.75) is 19.5 Å². The van der Waals surface area contributed by atoms with E-state index >= 15 is 0 Å². The van der Waals surface area contributed by atoms with Crippen molar-refractivity contribution in [1.82, 2.24) is 10.2 Å². The van der Waals surface area contributed by atoms with Crippen molar-refractivity contribution in [2.75, 3.05) is 19.7 Å². The van der Waals surface area contributed by atoms with Gasteiger partial charge in [0.1, 0.15) is 10.1 Å². The SMILES string of the molecule is O=C(CCCN1C(=O)/C(=C/c2ccccc2OC(F)F)SC1=S)NCCO. The molecule has 146 valence electrons. The Morgan fingerprint density at radius 3 is 2.85 bits per heavy atom. The molecule has 1 heterocycles. The van der Waals surface area contributed by atoms with E-state index < -0.39 is 6.61 Å². The number of amides is 2. The van der Waals surface area contributed by atoms with E-state index in [0.29, 0.717) is 21.2 Å². The molecular weight excluding hydrogens is 398 g/mol. The maximum Gasteiger partial charge on any atom is 0.387 e. The number of halogens is 2. The van der Waals surface area contributed by atoms with E-state index in [9.17, 15) is 18.4 Å². The molecule has 10 heteroatoms. The van der Waals surface area contributed by atoms with Gasteiger partial charge in [-0.2, -0.15) is 8.78 Å². The van der Waals surface area contributed by atoms with Gasteiger partial charge in [0.05, 0.1) is 11.5 Å². The van der Waals surface area contributed by atoms with Crippen LogP contribution in [0.2, 0.25) is 0 Å². The average Bonchev–Trinajstić information content (AvgIpc) is 2.88. The number of nitrogens with zero attached hydrogens (tertiary/aromatic N) is 1. The van der Waals surface area contributed by atoms with Gasteiger partial charge in [0.15, 0.2) is 0 Å². The second kappa shape index (κ2) is 10.3. The van der Waals surface area contributed by atoms with Gasteiger partial charge in [-0.3, -0.25) is 14.5 Å². The molecule has 1 fully saturated rings. The third-order valence-corrected chi connectivity index (χ3v) is 4.89. The minimum Gasteiger partial charge on any atom is -0.434 e. The van der Waals surface area contributed by atoms with Crippen LogP contribution in [0, 0.1) is 0 Å². The molecule has 1 aliphatic heterocycles. The number of nitrogens with one attached hydrogen (secondary N) is 1. The van der Waals surface area contributed by atoms with Gasteiger partial charge in [-0.25, -0.2) is 0 Å². The van der Waals surface area contributed by atoms with Crippen LogP contribution in [-0.4, -0.2) is 52.4 Å². The lowest BCUT2D eigenvalue weighted by molar-refractivity contribution is -0.124. The highest BCUT2D eigenvalue weighted by Gasteiger charge is 2.31. The molecule has 0 unspecified atom stereocenters. The van der Waals surface area contributed by atoms with Crippen molar-refractivity contribution in [1.29, 1.82) is 0 Å². The first kappa shape index (κ1) is 21.3. The summed E-state index contributed by atoms with van der Waals surface area (Å²) in [6.07, 6.45) is 2.06. The van der Waals surface area contributed by atoms with Crippen LogP contribution in [0.4, 0.5) is 8.78 Å². The maximum absolute atomic E-state index is 12.5. The number of benzene rings is 1. The third kappa shape index (κ3) is 6.26. The lowest BCUT2D eigenvalue weighted by Gasteiger charge is -2.14. The average molecular weight is 416 g/mol. The summed E-state index contributed by atoms with van der Waals surface area (Å²) in [6, 6.07) is 6.16. The molecule has 2 N–H and O–H groups in total. The fourth-order valence-corrected chi connectivity index (χ4v) is 3.62. The first-order chi connectivity index (χ1) is 12.9. The van der Waals surface area contributed by atoms with Gasteiger partial charge in [-0.15, -0.1) is 0 Å². The molecule has 0 bridgehead atoms. The second-order valence-corrected chi connectivity index (χ2v) is 7.10. The highest BCUT2D eigenvalue weighted by Crippen LogP contribution is 2.34. The normalized spacial score (nSPS) is 15.7. The number of hydrogen-bond acceptors (Lipinski definition) is 6. The summed E-state index contributed by atoms with van der Waals surface area (Å²) in [5.74, 6) is -0.589. The molecule has 6 nitrogen and oxygen atoms in total. The fraction of sp³-hybridized carbons (Fsp3) is 0.353. The zero-order chi connectivity index (χ0) is 19.8. The summed E-state index contributed by atoms with van der Waals surface area (Å²) in [6.45, 7) is -2.65. The number of carbonyl (C=O) groups excluding carboxylic acids is 2. The Hall–Kier alpha value is -2.04. The summed E-state index contributed by atoms with van der Waals surface area (Å²) in [4.78, 5) is 25.7.